The number of halogens is 1. The van der Waals surface area contributed by atoms with E-state index in [9.17, 15) is 8.42 Å². The first-order valence-corrected chi connectivity index (χ1v) is 11.1. The molecule has 0 aromatic carbocycles. The predicted molar refractivity (Wildman–Crippen MR) is 122 cm³/mol. The molecular formula is C18H32IN5O3S. The summed E-state index contributed by atoms with van der Waals surface area (Å²) in [4.78, 5) is 8.11. The smallest absolute Gasteiger partial charge is 0.242 e. The fourth-order valence-electron chi connectivity index (χ4n) is 2.98. The van der Waals surface area contributed by atoms with Gasteiger partial charge in [0.2, 0.25) is 10.0 Å². The molecule has 0 unspecified atom stereocenters. The van der Waals surface area contributed by atoms with Gasteiger partial charge in [-0.05, 0) is 25.0 Å². The van der Waals surface area contributed by atoms with Crippen molar-refractivity contribution in [3.05, 3.63) is 24.5 Å². The number of aromatic nitrogens is 1. The first kappa shape index (κ1) is 25.1. The second-order valence-electron chi connectivity index (χ2n) is 6.50. The van der Waals surface area contributed by atoms with E-state index in [0.29, 0.717) is 31.8 Å². The van der Waals surface area contributed by atoms with Crippen molar-refractivity contribution < 1.29 is 13.2 Å². The molecule has 0 bridgehead atoms. The molecule has 0 saturated heterocycles. The maximum absolute atomic E-state index is 12.1. The molecule has 10 heteroatoms. The van der Waals surface area contributed by atoms with Gasteiger partial charge >= 0.3 is 0 Å². The highest BCUT2D eigenvalue weighted by atomic mass is 127. The Bertz CT molecular complexity index is 665. The maximum Gasteiger partial charge on any atom is 0.242 e. The van der Waals surface area contributed by atoms with Crippen LogP contribution in [0, 0.1) is 0 Å². The lowest BCUT2D eigenvalue weighted by Gasteiger charge is -2.17. The fraction of sp³-hybridized carbons (Fsp3) is 0.667. The van der Waals surface area contributed by atoms with Crippen molar-refractivity contribution in [2.75, 3.05) is 33.3 Å². The van der Waals surface area contributed by atoms with E-state index in [1.165, 1.54) is 44.1 Å². The third-order valence-corrected chi connectivity index (χ3v) is 5.87. The standard InChI is InChI=1S/C18H31N5O3S.HI/c1-19-18(22-13-14-26-16-7-4-2-3-5-8-16)21-11-12-23-27(24,25)17-9-6-10-20-15-17;/h6,9-10,15-16,23H,2-5,7-8,11-14H2,1H3,(H2,19,21,22);1H. The number of rotatable bonds is 9. The molecule has 8 nitrogen and oxygen atoms in total. The lowest BCUT2D eigenvalue weighted by molar-refractivity contribution is 0.0468. The van der Waals surface area contributed by atoms with Crippen LogP contribution in [0.25, 0.3) is 0 Å². The van der Waals surface area contributed by atoms with Crippen LogP contribution in [0.1, 0.15) is 38.5 Å². The molecule has 1 saturated carbocycles. The molecular weight excluding hydrogens is 493 g/mol. The third kappa shape index (κ3) is 9.48. The van der Waals surface area contributed by atoms with Crippen LogP contribution < -0.4 is 15.4 Å². The minimum absolute atomic E-state index is 0. The molecule has 1 aromatic heterocycles. The van der Waals surface area contributed by atoms with Crippen LogP contribution in [-0.2, 0) is 14.8 Å². The van der Waals surface area contributed by atoms with Gasteiger partial charge in [-0.2, -0.15) is 0 Å². The molecule has 1 aromatic rings. The van der Waals surface area contributed by atoms with Crippen LogP contribution in [0.5, 0.6) is 0 Å². The van der Waals surface area contributed by atoms with Gasteiger partial charge in [0.15, 0.2) is 5.96 Å². The van der Waals surface area contributed by atoms with Gasteiger partial charge in [0.25, 0.3) is 0 Å². The fourth-order valence-corrected chi connectivity index (χ4v) is 3.97. The van der Waals surface area contributed by atoms with Gasteiger partial charge in [0, 0.05) is 39.1 Å². The lowest BCUT2D eigenvalue weighted by Crippen LogP contribution is -2.42. The van der Waals surface area contributed by atoms with Crippen LogP contribution in [0.15, 0.2) is 34.4 Å². The molecule has 2 rings (SSSR count). The van der Waals surface area contributed by atoms with Crippen molar-refractivity contribution in [3.8, 4) is 0 Å². The quantitative estimate of drug-likeness (QED) is 0.150. The number of sulfonamides is 1. The van der Waals surface area contributed by atoms with Crippen LogP contribution in [0.3, 0.4) is 0 Å². The largest absolute Gasteiger partial charge is 0.376 e. The Morgan fingerprint density at radius 3 is 2.54 bits per heavy atom. The Morgan fingerprint density at radius 1 is 1.18 bits per heavy atom. The van der Waals surface area contributed by atoms with E-state index < -0.39 is 10.0 Å². The van der Waals surface area contributed by atoms with Crippen molar-refractivity contribution in [2.45, 2.75) is 49.5 Å². The van der Waals surface area contributed by atoms with Crippen molar-refractivity contribution >= 4 is 40.0 Å². The Morgan fingerprint density at radius 2 is 1.89 bits per heavy atom. The van der Waals surface area contributed by atoms with E-state index in [0.717, 1.165) is 12.8 Å². The SMILES string of the molecule is CN=C(NCCNS(=O)(=O)c1cccnc1)NCCOC1CCCCCC1.I. The van der Waals surface area contributed by atoms with Crippen molar-refractivity contribution in [2.24, 2.45) is 4.99 Å². The van der Waals surface area contributed by atoms with E-state index in [2.05, 4.69) is 25.3 Å². The number of ether oxygens (including phenoxy) is 1. The monoisotopic (exact) mass is 525 g/mol. The molecule has 0 amide bonds. The molecule has 1 fully saturated rings. The number of aliphatic imine (C=N–C) groups is 1. The third-order valence-electron chi connectivity index (χ3n) is 4.43. The van der Waals surface area contributed by atoms with Crippen molar-refractivity contribution in [1.82, 2.24) is 20.3 Å². The summed E-state index contributed by atoms with van der Waals surface area (Å²) in [6.07, 6.45) is 10.7. The summed E-state index contributed by atoms with van der Waals surface area (Å²) in [5.41, 5.74) is 0. The Labute approximate surface area is 185 Å². The van der Waals surface area contributed by atoms with E-state index in [1.54, 1.807) is 13.1 Å². The number of hydrogen-bond donors (Lipinski definition) is 3. The second kappa shape index (κ2) is 14.1. The zero-order valence-corrected chi connectivity index (χ0v) is 19.5. The minimum atomic E-state index is -3.53. The summed E-state index contributed by atoms with van der Waals surface area (Å²) in [5.74, 6) is 0.625. The van der Waals surface area contributed by atoms with Gasteiger partial charge in [-0.25, -0.2) is 13.1 Å². The predicted octanol–water partition coefficient (Wildman–Crippen LogP) is 1.88. The number of pyridine rings is 1. The molecule has 1 heterocycles. The summed E-state index contributed by atoms with van der Waals surface area (Å²) < 4.78 is 32.6. The van der Waals surface area contributed by atoms with Gasteiger partial charge in [-0.3, -0.25) is 9.98 Å². The average Bonchev–Trinajstić information content (AvgIpc) is 2.96. The summed E-state index contributed by atoms with van der Waals surface area (Å²) in [6.45, 7) is 1.97. The van der Waals surface area contributed by atoms with Crippen LogP contribution in [0.2, 0.25) is 0 Å². The Hall–Kier alpha value is -0.980. The molecule has 0 radical (unpaired) electrons. The molecule has 0 aliphatic heterocycles. The van der Waals surface area contributed by atoms with E-state index in [-0.39, 0.29) is 35.4 Å². The molecule has 1 aliphatic rings. The molecule has 0 spiro atoms. The molecule has 3 N–H and O–H groups in total. The van der Waals surface area contributed by atoms with Gasteiger partial charge < -0.3 is 15.4 Å². The number of guanidine groups is 1. The summed E-state index contributed by atoms with van der Waals surface area (Å²) in [5, 5.41) is 6.26. The summed E-state index contributed by atoms with van der Waals surface area (Å²) >= 11 is 0. The van der Waals surface area contributed by atoms with Gasteiger partial charge in [0.05, 0.1) is 12.7 Å². The lowest BCUT2D eigenvalue weighted by atomic mass is 10.1. The Balaban J connectivity index is 0.00000392. The van der Waals surface area contributed by atoms with E-state index in [1.807, 2.05) is 0 Å². The molecule has 28 heavy (non-hydrogen) atoms. The molecule has 160 valence electrons. The van der Waals surface area contributed by atoms with Crippen LogP contribution in [0.4, 0.5) is 0 Å². The molecule has 1 aliphatic carbocycles. The topological polar surface area (TPSA) is 105 Å². The minimum Gasteiger partial charge on any atom is -0.376 e. The highest BCUT2D eigenvalue weighted by molar-refractivity contribution is 14.0. The summed E-state index contributed by atoms with van der Waals surface area (Å²) in [7, 11) is -1.85. The maximum atomic E-state index is 12.1. The van der Waals surface area contributed by atoms with Gasteiger partial charge in [-0.15, -0.1) is 24.0 Å². The van der Waals surface area contributed by atoms with Gasteiger partial charge in [0.1, 0.15) is 4.90 Å². The van der Waals surface area contributed by atoms with E-state index in [4.69, 9.17) is 4.74 Å². The van der Waals surface area contributed by atoms with Crippen molar-refractivity contribution in [3.63, 3.8) is 0 Å². The summed E-state index contributed by atoms with van der Waals surface area (Å²) in [6, 6.07) is 3.10. The zero-order valence-electron chi connectivity index (χ0n) is 16.4. The Kier molecular flexibility index (Phi) is 12.6. The first-order valence-electron chi connectivity index (χ1n) is 9.57. The van der Waals surface area contributed by atoms with Gasteiger partial charge in [-0.1, -0.05) is 25.7 Å². The van der Waals surface area contributed by atoms with Crippen LogP contribution in [-0.4, -0.2) is 58.8 Å². The van der Waals surface area contributed by atoms with Crippen molar-refractivity contribution in [1.29, 1.82) is 0 Å². The number of nitrogens with one attached hydrogen (secondary N) is 3. The molecule has 0 atom stereocenters. The van der Waals surface area contributed by atoms with E-state index >= 15 is 0 Å². The normalized spacial score (nSPS) is 16.1. The highest BCUT2D eigenvalue weighted by Gasteiger charge is 2.13. The zero-order chi connectivity index (χ0) is 19.4. The van der Waals surface area contributed by atoms with Crippen LogP contribution >= 0.6 is 24.0 Å². The highest BCUT2D eigenvalue weighted by Crippen LogP contribution is 2.19. The first-order chi connectivity index (χ1) is 13.1. The number of nitrogens with zero attached hydrogens (tertiary/aromatic N) is 2. The number of hydrogen-bond acceptors (Lipinski definition) is 5. The average molecular weight is 525 g/mol. The second-order valence-corrected chi connectivity index (χ2v) is 8.26.